The summed E-state index contributed by atoms with van der Waals surface area (Å²) in [5.41, 5.74) is 0.882. The highest BCUT2D eigenvalue weighted by molar-refractivity contribution is 7.56. The van der Waals surface area contributed by atoms with Crippen LogP contribution in [-0.4, -0.2) is 24.4 Å². The van der Waals surface area contributed by atoms with Crippen molar-refractivity contribution in [2.45, 2.75) is 20.4 Å². The van der Waals surface area contributed by atoms with E-state index in [0.29, 0.717) is 24.8 Å². The van der Waals surface area contributed by atoms with E-state index in [0.717, 1.165) is 5.56 Å². The van der Waals surface area contributed by atoms with Crippen molar-refractivity contribution in [3.8, 4) is 0 Å². The molecular formula is C15H21ClNO3P. The van der Waals surface area contributed by atoms with Gasteiger partial charge in [0.2, 0.25) is 0 Å². The van der Waals surface area contributed by atoms with Crippen LogP contribution in [-0.2, 0) is 15.6 Å². The third-order valence-corrected chi connectivity index (χ3v) is 5.15. The molecule has 4 nitrogen and oxygen atoms in total. The van der Waals surface area contributed by atoms with Gasteiger partial charge in [-0.25, -0.2) is 0 Å². The molecule has 0 N–H and O–H groups in total. The van der Waals surface area contributed by atoms with Gasteiger partial charge in [-0.3, -0.25) is 0 Å². The minimum absolute atomic E-state index is 0.135. The molecule has 0 saturated carbocycles. The van der Waals surface area contributed by atoms with Gasteiger partial charge in [0.15, 0.2) is 0 Å². The molecule has 6 heteroatoms. The fourth-order valence-electron chi connectivity index (χ4n) is 1.98. The molecule has 1 aromatic carbocycles. The summed E-state index contributed by atoms with van der Waals surface area (Å²) in [6, 6.07) is 9.73. The first-order valence-corrected chi connectivity index (χ1v) is 8.70. The molecule has 0 aromatic heterocycles. The quantitative estimate of drug-likeness (QED) is 0.777. The Kier molecular flexibility index (Phi) is 5.42. The molecule has 0 aliphatic carbocycles. The second-order valence-corrected chi connectivity index (χ2v) is 8.56. The molecule has 0 spiro atoms. The highest BCUT2D eigenvalue weighted by Crippen LogP contribution is 2.60. The average molecular weight is 330 g/mol. The minimum atomic E-state index is -3.33. The van der Waals surface area contributed by atoms with Crippen LogP contribution >= 0.6 is 19.7 Å². The van der Waals surface area contributed by atoms with Crippen molar-refractivity contribution in [3.63, 3.8) is 0 Å². The Labute approximate surface area is 132 Å². The molecule has 1 aliphatic heterocycles. The lowest BCUT2D eigenvalue weighted by Gasteiger charge is -2.42. The summed E-state index contributed by atoms with van der Waals surface area (Å²) in [7, 11) is -3.33. The van der Waals surface area contributed by atoms with Crippen LogP contribution in [0.3, 0.4) is 0 Å². The topological polar surface area (TPSA) is 44.8 Å². The van der Waals surface area contributed by atoms with Gasteiger partial charge >= 0.3 is 8.09 Å². The molecular weight excluding hydrogens is 309 g/mol. The van der Waals surface area contributed by atoms with Gasteiger partial charge in [-0.2, -0.15) is 9.05 Å². The van der Waals surface area contributed by atoms with E-state index in [9.17, 15) is 4.89 Å². The summed E-state index contributed by atoms with van der Waals surface area (Å²) in [6.45, 7) is 9.19. The van der Waals surface area contributed by atoms with Crippen molar-refractivity contribution in [2.24, 2.45) is 5.41 Å². The van der Waals surface area contributed by atoms with E-state index in [-0.39, 0.29) is 12.0 Å². The third-order valence-electron chi connectivity index (χ3n) is 3.15. The molecule has 0 atom stereocenters. The molecule has 1 aliphatic rings. The number of rotatable bonds is 5. The first kappa shape index (κ1) is 16.9. The molecule has 116 valence electrons. The Morgan fingerprint density at radius 3 is 2.43 bits per heavy atom. The Morgan fingerprint density at radius 2 is 1.90 bits per heavy atom. The van der Waals surface area contributed by atoms with Crippen LogP contribution in [0.2, 0.25) is 0 Å². The SMILES string of the molecule is C=C(Cl)CN(Cc1ccccc1)[P+]1([O-])OCC(C)(C)CO1. The Balaban J connectivity index is 2.14. The fraction of sp³-hybridized carbons (Fsp3) is 0.467. The monoisotopic (exact) mass is 329 g/mol. The second-order valence-electron chi connectivity index (χ2n) is 6.01. The maximum atomic E-state index is 12.9. The molecule has 0 radical (unpaired) electrons. The van der Waals surface area contributed by atoms with Crippen molar-refractivity contribution in [1.29, 1.82) is 0 Å². The van der Waals surface area contributed by atoms with Gasteiger partial charge in [0.05, 0.1) is 13.1 Å². The van der Waals surface area contributed by atoms with Crippen molar-refractivity contribution >= 4 is 19.7 Å². The van der Waals surface area contributed by atoms with Crippen LogP contribution < -0.4 is 4.89 Å². The van der Waals surface area contributed by atoms with E-state index in [1.54, 1.807) is 4.67 Å². The van der Waals surface area contributed by atoms with Gasteiger partial charge < -0.3 is 4.89 Å². The van der Waals surface area contributed by atoms with E-state index in [2.05, 4.69) is 6.58 Å². The largest absolute Gasteiger partial charge is 0.616 e. The minimum Gasteiger partial charge on any atom is -0.616 e. The predicted molar refractivity (Wildman–Crippen MR) is 84.5 cm³/mol. The lowest BCUT2D eigenvalue weighted by Crippen LogP contribution is -2.42. The standard InChI is InChI=1S/C15H21ClNO3P/c1-13(16)9-17(10-14-7-5-4-6-8-14)21(18)19-11-15(2,3)12-20-21/h4-8H,1,9-12H2,2-3H3. The summed E-state index contributed by atoms with van der Waals surface area (Å²) >= 11 is 5.91. The Morgan fingerprint density at radius 1 is 1.33 bits per heavy atom. The zero-order valence-corrected chi connectivity index (χ0v) is 14.1. The smallest absolute Gasteiger partial charge is 0.315 e. The summed E-state index contributed by atoms with van der Waals surface area (Å²) < 4.78 is 12.8. The zero-order chi connectivity index (χ0) is 15.5. The fourth-order valence-corrected chi connectivity index (χ4v) is 4.31. The first-order valence-electron chi connectivity index (χ1n) is 6.82. The van der Waals surface area contributed by atoms with Gasteiger partial charge in [-0.1, -0.05) is 62.4 Å². The maximum Gasteiger partial charge on any atom is 0.315 e. The Hall–Kier alpha value is -0.480. The summed E-state index contributed by atoms with van der Waals surface area (Å²) in [5, 5.41) is 0.401. The highest BCUT2D eigenvalue weighted by Gasteiger charge is 2.46. The van der Waals surface area contributed by atoms with Gasteiger partial charge in [0.25, 0.3) is 0 Å². The van der Waals surface area contributed by atoms with Gasteiger partial charge in [0.1, 0.15) is 13.2 Å². The molecule has 21 heavy (non-hydrogen) atoms. The van der Waals surface area contributed by atoms with E-state index < -0.39 is 8.09 Å². The van der Waals surface area contributed by atoms with Crippen LogP contribution in [0.5, 0.6) is 0 Å². The van der Waals surface area contributed by atoms with E-state index in [1.807, 2.05) is 44.2 Å². The molecule has 0 unspecified atom stereocenters. The summed E-state index contributed by atoms with van der Waals surface area (Å²) in [5.74, 6) is 0. The average Bonchev–Trinajstić information content (AvgIpc) is 2.42. The van der Waals surface area contributed by atoms with Crippen molar-refractivity contribution in [2.75, 3.05) is 19.8 Å². The third kappa shape index (κ3) is 4.75. The number of halogens is 1. The van der Waals surface area contributed by atoms with Crippen LogP contribution in [0.1, 0.15) is 19.4 Å². The van der Waals surface area contributed by atoms with Crippen LogP contribution in [0.4, 0.5) is 0 Å². The van der Waals surface area contributed by atoms with Crippen LogP contribution in [0, 0.1) is 5.41 Å². The molecule has 1 saturated heterocycles. The van der Waals surface area contributed by atoms with E-state index in [1.165, 1.54) is 0 Å². The van der Waals surface area contributed by atoms with Gasteiger partial charge in [0, 0.05) is 10.4 Å². The number of hydrogen-bond acceptors (Lipinski definition) is 4. The molecule has 1 heterocycles. The normalized spacial score (nSPS) is 20.4. The van der Waals surface area contributed by atoms with Crippen LogP contribution in [0.15, 0.2) is 41.9 Å². The molecule has 1 fully saturated rings. The number of hydrogen-bond donors (Lipinski definition) is 0. The maximum absolute atomic E-state index is 12.9. The lowest BCUT2D eigenvalue weighted by molar-refractivity contribution is -0.249. The van der Waals surface area contributed by atoms with Crippen molar-refractivity contribution in [1.82, 2.24) is 4.67 Å². The Bertz CT molecular complexity index is 485. The zero-order valence-electron chi connectivity index (χ0n) is 12.4. The second kappa shape index (κ2) is 6.74. The lowest BCUT2D eigenvalue weighted by atomic mass is 9.97. The molecule has 0 bridgehead atoms. The molecule has 0 amide bonds. The van der Waals surface area contributed by atoms with Gasteiger partial charge in [-0.15, -0.1) is 4.67 Å². The summed E-state index contributed by atoms with van der Waals surface area (Å²) in [6.07, 6.45) is 0. The van der Waals surface area contributed by atoms with Crippen molar-refractivity contribution < 1.29 is 13.9 Å². The molecule has 1 aromatic rings. The summed E-state index contributed by atoms with van der Waals surface area (Å²) in [4.78, 5) is 12.9. The van der Waals surface area contributed by atoms with Crippen LogP contribution in [0.25, 0.3) is 0 Å². The number of benzene rings is 1. The van der Waals surface area contributed by atoms with Crippen molar-refractivity contribution in [3.05, 3.63) is 47.5 Å². The van der Waals surface area contributed by atoms with E-state index >= 15 is 0 Å². The van der Waals surface area contributed by atoms with E-state index in [4.69, 9.17) is 20.6 Å². The first-order chi connectivity index (χ1) is 9.81. The predicted octanol–water partition coefficient (Wildman–Crippen LogP) is 3.35. The van der Waals surface area contributed by atoms with Gasteiger partial charge in [-0.05, 0) is 5.56 Å². The molecule has 2 rings (SSSR count). The highest BCUT2D eigenvalue weighted by atomic mass is 35.5. The number of nitrogens with zero attached hydrogens (tertiary/aromatic N) is 1.